The molecule has 2 aromatic carbocycles. The number of carbonyl (C=O) groups is 1. The van der Waals surface area contributed by atoms with E-state index < -0.39 is 0 Å². The maximum Gasteiger partial charge on any atom is 0.338 e. The molecular weight excluding hydrogens is 294 g/mol. The van der Waals surface area contributed by atoms with Crippen molar-refractivity contribution in [2.75, 3.05) is 6.61 Å². The predicted molar refractivity (Wildman–Crippen MR) is 88.6 cm³/mol. The van der Waals surface area contributed by atoms with E-state index in [0.29, 0.717) is 17.7 Å². The maximum absolute atomic E-state index is 11.6. The van der Waals surface area contributed by atoms with E-state index in [1.807, 2.05) is 36.4 Å². The van der Waals surface area contributed by atoms with Crippen LogP contribution in [-0.4, -0.2) is 12.6 Å². The molecule has 0 aromatic heterocycles. The Balaban J connectivity index is 1.84. The highest BCUT2D eigenvalue weighted by Crippen LogP contribution is 2.18. The van der Waals surface area contributed by atoms with Gasteiger partial charge < -0.3 is 4.74 Å². The lowest BCUT2D eigenvalue weighted by atomic mass is 10.1. The molecule has 112 valence electrons. The standard InChI is InChI=1S/C18H17NO2S/c1-2-21-18(20)17-9-7-16(8-10-17)13-22-12-15-5-3-14(11-19)4-6-15/h3-10H,2,12-13H2,1H3. The molecule has 0 heterocycles. The van der Waals surface area contributed by atoms with Crippen LogP contribution in [-0.2, 0) is 16.2 Å². The zero-order valence-electron chi connectivity index (χ0n) is 12.4. The first-order chi connectivity index (χ1) is 10.7. The van der Waals surface area contributed by atoms with Crippen molar-refractivity contribution in [3.63, 3.8) is 0 Å². The molecule has 0 N–H and O–H groups in total. The summed E-state index contributed by atoms with van der Waals surface area (Å²) >= 11 is 1.80. The average Bonchev–Trinajstić information content (AvgIpc) is 2.56. The van der Waals surface area contributed by atoms with Gasteiger partial charge in [-0.25, -0.2) is 4.79 Å². The van der Waals surface area contributed by atoms with E-state index >= 15 is 0 Å². The number of carbonyl (C=O) groups excluding carboxylic acids is 1. The molecule has 0 radical (unpaired) electrons. The Kier molecular flexibility index (Phi) is 6.05. The monoisotopic (exact) mass is 311 g/mol. The Bertz CT molecular complexity index is 657. The minimum atomic E-state index is -0.278. The molecule has 0 fully saturated rings. The van der Waals surface area contributed by atoms with Crippen molar-refractivity contribution in [2.24, 2.45) is 0 Å². The lowest BCUT2D eigenvalue weighted by Crippen LogP contribution is -2.04. The molecule has 0 spiro atoms. The summed E-state index contributed by atoms with van der Waals surface area (Å²) in [6, 6.07) is 17.3. The van der Waals surface area contributed by atoms with Crippen LogP contribution in [0.1, 0.15) is 34.0 Å². The van der Waals surface area contributed by atoms with Crippen LogP contribution in [0.2, 0.25) is 0 Å². The van der Waals surface area contributed by atoms with Crippen molar-refractivity contribution in [1.29, 1.82) is 5.26 Å². The number of nitriles is 1. The Morgan fingerprint density at radius 1 is 1.05 bits per heavy atom. The van der Waals surface area contributed by atoms with Crippen molar-refractivity contribution in [3.05, 3.63) is 70.8 Å². The van der Waals surface area contributed by atoms with Gasteiger partial charge in [-0.1, -0.05) is 24.3 Å². The lowest BCUT2D eigenvalue weighted by Gasteiger charge is -2.05. The predicted octanol–water partition coefficient (Wildman–Crippen LogP) is 4.17. The third kappa shape index (κ3) is 4.64. The Morgan fingerprint density at radius 3 is 2.09 bits per heavy atom. The van der Waals surface area contributed by atoms with Gasteiger partial charge in [0, 0.05) is 11.5 Å². The summed E-state index contributed by atoms with van der Waals surface area (Å²) in [5.41, 5.74) is 3.64. The van der Waals surface area contributed by atoms with Gasteiger partial charge in [-0.2, -0.15) is 17.0 Å². The summed E-state index contributed by atoms with van der Waals surface area (Å²) in [6.07, 6.45) is 0. The van der Waals surface area contributed by atoms with Gasteiger partial charge in [0.2, 0.25) is 0 Å². The van der Waals surface area contributed by atoms with Crippen LogP contribution in [0.5, 0.6) is 0 Å². The second kappa shape index (κ2) is 8.26. The zero-order chi connectivity index (χ0) is 15.8. The van der Waals surface area contributed by atoms with Crippen LogP contribution in [0.25, 0.3) is 0 Å². The van der Waals surface area contributed by atoms with Gasteiger partial charge in [0.15, 0.2) is 0 Å². The van der Waals surface area contributed by atoms with Gasteiger partial charge in [0.05, 0.1) is 23.8 Å². The van der Waals surface area contributed by atoms with E-state index in [4.69, 9.17) is 10.00 Å². The van der Waals surface area contributed by atoms with Crippen LogP contribution >= 0.6 is 11.8 Å². The number of thioether (sulfide) groups is 1. The minimum Gasteiger partial charge on any atom is -0.462 e. The number of benzene rings is 2. The van der Waals surface area contributed by atoms with Crippen LogP contribution in [0.4, 0.5) is 0 Å². The summed E-state index contributed by atoms with van der Waals surface area (Å²) in [5, 5.41) is 8.76. The highest BCUT2D eigenvalue weighted by Gasteiger charge is 2.05. The second-order valence-electron chi connectivity index (χ2n) is 4.72. The fourth-order valence-electron chi connectivity index (χ4n) is 1.91. The Labute approximate surface area is 134 Å². The third-order valence-corrected chi connectivity index (χ3v) is 4.16. The summed E-state index contributed by atoms with van der Waals surface area (Å²) in [6.45, 7) is 2.19. The molecule has 0 unspecified atom stereocenters. The molecule has 3 nitrogen and oxygen atoms in total. The number of rotatable bonds is 6. The van der Waals surface area contributed by atoms with Gasteiger partial charge in [-0.05, 0) is 42.3 Å². The van der Waals surface area contributed by atoms with Crippen molar-refractivity contribution in [2.45, 2.75) is 18.4 Å². The van der Waals surface area contributed by atoms with E-state index in [1.165, 1.54) is 11.1 Å². The number of nitrogens with zero attached hydrogens (tertiary/aromatic N) is 1. The largest absolute Gasteiger partial charge is 0.462 e. The normalized spacial score (nSPS) is 10.0. The van der Waals surface area contributed by atoms with E-state index in [1.54, 1.807) is 30.8 Å². The van der Waals surface area contributed by atoms with Crippen molar-refractivity contribution in [3.8, 4) is 6.07 Å². The van der Waals surface area contributed by atoms with Crippen molar-refractivity contribution >= 4 is 17.7 Å². The van der Waals surface area contributed by atoms with E-state index in [9.17, 15) is 4.79 Å². The molecule has 4 heteroatoms. The van der Waals surface area contributed by atoms with Gasteiger partial charge >= 0.3 is 5.97 Å². The van der Waals surface area contributed by atoms with Crippen LogP contribution in [0.3, 0.4) is 0 Å². The molecule has 0 atom stereocenters. The molecule has 0 saturated heterocycles. The van der Waals surface area contributed by atoms with Gasteiger partial charge in [-0.15, -0.1) is 0 Å². The molecule has 0 aliphatic heterocycles. The third-order valence-electron chi connectivity index (χ3n) is 3.09. The SMILES string of the molecule is CCOC(=O)c1ccc(CSCc2ccc(C#N)cc2)cc1. The minimum absolute atomic E-state index is 0.278. The van der Waals surface area contributed by atoms with Crippen molar-refractivity contribution in [1.82, 2.24) is 0 Å². The molecule has 2 aromatic rings. The summed E-state index contributed by atoms with van der Waals surface area (Å²) in [5.74, 6) is 1.49. The topological polar surface area (TPSA) is 50.1 Å². The highest BCUT2D eigenvalue weighted by atomic mass is 32.2. The first-order valence-electron chi connectivity index (χ1n) is 7.05. The molecule has 0 amide bonds. The fraction of sp³-hybridized carbons (Fsp3) is 0.222. The van der Waals surface area contributed by atoms with Gasteiger partial charge in [0.25, 0.3) is 0 Å². The molecule has 0 saturated carbocycles. The maximum atomic E-state index is 11.6. The van der Waals surface area contributed by atoms with Crippen LogP contribution in [0, 0.1) is 11.3 Å². The fourth-order valence-corrected chi connectivity index (χ4v) is 2.87. The lowest BCUT2D eigenvalue weighted by molar-refractivity contribution is 0.0526. The van der Waals surface area contributed by atoms with Gasteiger partial charge in [-0.3, -0.25) is 0 Å². The second-order valence-corrected chi connectivity index (χ2v) is 5.70. The summed E-state index contributed by atoms with van der Waals surface area (Å²) in [7, 11) is 0. The number of hydrogen-bond acceptors (Lipinski definition) is 4. The van der Waals surface area contributed by atoms with E-state index in [2.05, 4.69) is 6.07 Å². The molecule has 0 aliphatic carbocycles. The van der Waals surface area contributed by atoms with E-state index in [-0.39, 0.29) is 5.97 Å². The smallest absolute Gasteiger partial charge is 0.338 e. The van der Waals surface area contributed by atoms with Gasteiger partial charge in [0.1, 0.15) is 0 Å². The Morgan fingerprint density at radius 2 is 1.59 bits per heavy atom. The van der Waals surface area contributed by atoms with Crippen LogP contribution in [0.15, 0.2) is 48.5 Å². The first kappa shape index (κ1) is 16.1. The molecule has 0 aliphatic rings. The average molecular weight is 311 g/mol. The number of esters is 1. The zero-order valence-corrected chi connectivity index (χ0v) is 13.2. The first-order valence-corrected chi connectivity index (χ1v) is 8.21. The number of ether oxygens (including phenoxy) is 1. The van der Waals surface area contributed by atoms with Crippen molar-refractivity contribution < 1.29 is 9.53 Å². The molecule has 2 rings (SSSR count). The molecule has 22 heavy (non-hydrogen) atoms. The Hall–Kier alpha value is -2.25. The van der Waals surface area contributed by atoms with E-state index in [0.717, 1.165) is 11.5 Å². The molecule has 0 bridgehead atoms. The summed E-state index contributed by atoms with van der Waals surface area (Å²) < 4.78 is 4.96. The highest BCUT2D eigenvalue weighted by molar-refractivity contribution is 7.97. The molecular formula is C18H17NO2S. The quantitative estimate of drug-likeness (QED) is 0.751. The van der Waals surface area contributed by atoms with Crippen LogP contribution < -0.4 is 0 Å². The number of hydrogen-bond donors (Lipinski definition) is 0. The summed E-state index contributed by atoms with van der Waals surface area (Å²) in [4.78, 5) is 11.6.